The summed E-state index contributed by atoms with van der Waals surface area (Å²) < 4.78 is 0.978. The van der Waals surface area contributed by atoms with Gasteiger partial charge in [-0.05, 0) is 84.4 Å². The van der Waals surface area contributed by atoms with Crippen LogP contribution in [0.1, 0.15) is 47.3 Å². The Morgan fingerprint density at radius 2 is 1.93 bits per heavy atom. The van der Waals surface area contributed by atoms with Crippen molar-refractivity contribution < 1.29 is 9.59 Å². The highest BCUT2D eigenvalue weighted by Crippen LogP contribution is 2.32. The molecule has 2 aliphatic rings. The number of likely N-dealkylation sites (tertiary alicyclic amines) is 1. The van der Waals surface area contributed by atoms with Gasteiger partial charge in [0.25, 0.3) is 11.8 Å². The molecule has 1 fully saturated rings. The first-order valence-corrected chi connectivity index (χ1v) is 10.6. The van der Waals surface area contributed by atoms with Crippen LogP contribution in [0.5, 0.6) is 0 Å². The van der Waals surface area contributed by atoms with Crippen molar-refractivity contribution in [2.75, 3.05) is 18.4 Å². The van der Waals surface area contributed by atoms with E-state index in [1.165, 1.54) is 24.9 Å². The topological polar surface area (TPSA) is 61.4 Å². The molecule has 1 atom stereocenters. The van der Waals surface area contributed by atoms with Gasteiger partial charge in [0.1, 0.15) is 0 Å². The number of nitrogens with zero attached hydrogens (tertiary/aromatic N) is 1. The summed E-state index contributed by atoms with van der Waals surface area (Å²) in [5, 5.41) is 5.62. The molecule has 0 saturated carbocycles. The monoisotopic (exact) mass is 487 g/mol. The van der Waals surface area contributed by atoms with E-state index in [-0.39, 0.29) is 11.8 Å². The fourth-order valence-corrected chi connectivity index (χ4v) is 4.47. The standard InChI is InChI=1S/C22H22IN3O2/c1-2-26-11-3-4-20(26)14-5-8-16(9-6-14)24-13-19-18-12-15(23)7-10-17(18)21(27)25-22(19)28/h5-10,12-13,20,24H,2-4,11H2,1H3,(H,25,27,28)/b19-13-. The number of imide groups is 1. The third-order valence-electron chi connectivity index (χ3n) is 5.44. The van der Waals surface area contributed by atoms with E-state index in [9.17, 15) is 9.59 Å². The van der Waals surface area contributed by atoms with E-state index >= 15 is 0 Å². The zero-order chi connectivity index (χ0) is 19.7. The van der Waals surface area contributed by atoms with Crippen LogP contribution in [-0.4, -0.2) is 29.8 Å². The van der Waals surface area contributed by atoms with Crippen LogP contribution in [-0.2, 0) is 4.79 Å². The normalized spacial score (nSPS) is 20.9. The molecule has 2 aromatic carbocycles. The van der Waals surface area contributed by atoms with Crippen molar-refractivity contribution in [2.45, 2.75) is 25.8 Å². The second kappa shape index (κ2) is 8.05. The predicted molar refractivity (Wildman–Crippen MR) is 119 cm³/mol. The molecule has 0 bridgehead atoms. The Bertz CT molecular complexity index is 953. The van der Waals surface area contributed by atoms with Crippen molar-refractivity contribution >= 4 is 45.7 Å². The zero-order valence-corrected chi connectivity index (χ0v) is 17.8. The molecule has 2 amide bonds. The fraction of sp³-hybridized carbons (Fsp3) is 0.273. The van der Waals surface area contributed by atoms with Gasteiger partial charge in [0.15, 0.2) is 0 Å². The van der Waals surface area contributed by atoms with Crippen LogP contribution >= 0.6 is 22.6 Å². The third-order valence-corrected chi connectivity index (χ3v) is 6.11. The van der Waals surface area contributed by atoms with E-state index in [1.54, 1.807) is 12.3 Å². The number of anilines is 1. The maximum absolute atomic E-state index is 12.3. The highest BCUT2D eigenvalue weighted by molar-refractivity contribution is 14.1. The highest BCUT2D eigenvalue weighted by atomic mass is 127. The molecule has 2 aliphatic heterocycles. The van der Waals surface area contributed by atoms with Gasteiger partial charge in [-0.1, -0.05) is 19.1 Å². The number of hydrogen-bond acceptors (Lipinski definition) is 4. The predicted octanol–water partition coefficient (Wildman–Crippen LogP) is 4.17. The average molecular weight is 487 g/mol. The third kappa shape index (κ3) is 3.71. The van der Waals surface area contributed by atoms with E-state index in [0.29, 0.717) is 22.7 Å². The Kier molecular flexibility index (Phi) is 5.50. The Hall–Kier alpha value is -2.19. The minimum Gasteiger partial charge on any atom is -0.361 e. The van der Waals surface area contributed by atoms with Crippen LogP contribution in [0.2, 0.25) is 0 Å². The Labute approximate surface area is 178 Å². The van der Waals surface area contributed by atoms with Gasteiger partial charge in [-0.2, -0.15) is 0 Å². The van der Waals surface area contributed by atoms with E-state index in [4.69, 9.17) is 0 Å². The summed E-state index contributed by atoms with van der Waals surface area (Å²) >= 11 is 2.18. The van der Waals surface area contributed by atoms with Crippen LogP contribution in [0.15, 0.2) is 48.7 Å². The molecular formula is C22H22IN3O2. The van der Waals surface area contributed by atoms with Crippen molar-refractivity contribution in [3.8, 4) is 0 Å². The van der Waals surface area contributed by atoms with Crippen LogP contribution in [0.3, 0.4) is 0 Å². The SMILES string of the molecule is CCN1CCCC1c1ccc(N/C=C2\C(=O)NC(=O)c3ccc(I)cc32)cc1. The quantitative estimate of drug-likeness (QED) is 0.386. The number of benzene rings is 2. The Morgan fingerprint density at radius 1 is 1.14 bits per heavy atom. The number of carbonyl (C=O) groups is 2. The van der Waals surface area contributed by atoms with Gasteiger partial charge in [0, 0.05) is 32.6 Å². The summed E-state index contributed by atoms with van der Waals surface area (Å²) in [6, 6.07) is 14.4. The number of carbonyl (C=O) groups excluding carboxylic acids is 2. The number of nitrogens with one attached hydrogen (secondary N) is 2. The van der Waals surface area contributed by atoms with Gasteiger partial charge >= 0.3 is 0 Å². The molecule has 144 valence electrons. The molecule has 2 N–H and O–H groups in total. The molecule has 2 heterocycles. The first-order valence-electron chi connectivity index (χ1n) is 9.53. The van der Waals surface area contributed by atoms with Crippen molar-refractivity contribution in [3.05, 3.63) is 68.9 Å². The lowest BCUT2D eigenvalue weighted by Crippen LogP contribution is -2.36. The molecule has 0 radical (unpaired) electrons. The van der Waals surface area contributed by atoms with Gasteiger partial charge < -0.3 is 5.32 Å². The molecule has 0 aromatic heterocycles. The van der Waals surface area contributed by atoms with Crippen LogP contribution in [0, 0.1) is 3.57 Å². The van der Waals surface area contributed by atoms with Gasteiger partial charge in [0.2, 0.25) is 0 Å². The lowest BCUT2D eigenvalue weighted by molar-refractivity contribution is -0.114. The Morgan fingerprint density at radius 3 is 2.68 bits per heavy atom. The number of rotatable bonds is 4. The molecule has 6 heteroatoms. The van der Waals surface area contributed by atoms with E-state index < -0.39 is 0 Å². The van der Waals surface area contributed by atoms with Crippen molar-refractivity contribution in [1.82, 2.24) is 10.2 Å². The fourth-order valence-electron chi connectivity index (χ4n) is 3.98. The number of halogens is 1. The summed E-state index contributed by atoms with van der Waals surface area (Å²) in [5.41, 5.74) is 3.89. The lowest BCUT2D eigenvalue weighted by atomic mass is 9.95. The van der Waals surface area contributed by atoms with E-state index in [2.05, 4.69) is 57.2 Å². The molecule has 1 unspecified atom stereocenters. The number of amides is 2. The Balaban J connectivity index is 1.56. The summed E-state index contributed by atoms with van der Waals surface area (Å²) in [6.45, 7) is 4.45. The number of hydrogen-bond donors (Lipinski definition) is 2. The van der Waals surface area contributed by atoms with Crippen molar-refractivity contribution in [1.29, 1.82) is 0 Å². The smallest absolute Gasteiger partial charge is 0.260 e. The summed E-state index contributed by atoms with van der Waals surface area (Å²) in [7, 11) is 0. The molecular weight excluding hydrogens is 465 g/mol. The summed E-state index contributed by atoms with van der Waals surface area (Å²) in [6.07, 6.45) is 4.13. The first kappa shape index (κ1) is 19.1. The summed E-state index contributed by atoms with van der Waals surface area (Å²) in [4.78, 5) is 26.9. The van der Waals surface area contributed by atoms with Gasteiger partial charge in [-0.15, -0.1) is 0 Å². The maximum Gasteiger partial charge on any atom is 0.260 e. The molecule has 0 spiro atoms. The van der Waals surface area contributed by atoms with Crippen LogP contribution in [0.25, 0.3) is 5.57 Å². The number of fused-ring (bicyclic) bond motifs is 1. The molecule has 1 saturated heterocycles. The summed E-state index contributed by atoms with van der Waals surface area (Å²) in [5.74, 6) is -0.733. The minimum absolute atomic E-state index is 0.352. The van der Waals surface area contributed by atoms with Crippen LogP contribution < -0.4 is 10.6 Å². The minimum atomic E-state index is -0.381. The molecule has 28 heavy (non-hydrogen) atoms. The van der Waals surface area contributed by atoms with Gasteiger partial charge in [0.05, 0.1) is 5.57 Å². The maximum atomic E-state index is 12.3. The lowest BCUT2D eigenvalue weighted by Gasteiger charge is -2.23. The second-order valence-electron chi connectivity index (χ2n) is 7.08. The van der Waals surface area contributed by atoms with Crippen molar-refractivity contribution in [3.63, 3.8) is 0 Å². The first-order chi connectivity index (χ1) is 13.6. The van der Waals surface area contributed by atoms with Crippen LogP contribution in [0.4, 0.5) is 5.69 Å². The van der Waals surface area contributed by atoms with Crippen molar-refractivity contribution in [2.24, 2.45) is 0 Å². The van der Waals surface area contributed by atoms with Gasteiger partial charge in [-0.3, -0.25) is 19.8 Å². The largest absolute Gasteiger partial charge is 0.361 e. The second-order valence-corrected chi connectivity index (χ2v) is 8.33. The van der Waals surface area contributed by atoms with E-state index in [1.807, 2.05) is 24.3 Å². The molecule has 5 nitrogen and oxygen atoms in total. The van der Waals surface area contributed by atoms with E-state index in [0.717, 1.165) is 15.8 Å². The zero-order valence-electron chi connectivity index (χ0n) is 15.7. The highest BCUT2D eigenvalue weighted by Gasteiger charge is 2.27. The molecule has 4 rings (SSSR count). The van der Waals surface area contributed by atoms with Gasteiger partial charge in [-0.25, -0.2) is 0 Å². The average Bonchev–Trinajstić information content (AvgIpc) is 3.17. The molecule has 0 aliphatic carbocycles. The molecule has 2 aromatic rings.